The Labute approximate surface area is 105 Å². The smallest absolute Gasteiger partial charge is 0.0184 e. The highest BCUT2D eigenvalue weighted by molar-refractivity contribution is 5.74. The predicted molar refractivity (Wildman–Crippen MR) is 78.0 cm³/mol. The summed E-state index contributed by atoms with van der Waals surface area (Å²) in [6, 6.07) is 8.69. The minimum atomic E-state index is 0.333. The Bertz CT molecular complexity index is 410. The van der Waals surface area contributed by atoms with Gasteiger partial charge in [0.2, 0.25) is 0 Å². The van der Waals surface area contributed by atoms with Crippen LogP contribution in [0.5, 0.6) is 0 Å². The number of hydrogen-bond acceptors (Lipinski definition) is 0. The summed E-state index contributed by atoms with van der Waals surface area (Å²) < 4.78 is 0. The highest BCUT2D eigenvalue weighted by Gasteiger charge is 2.10. The second-order valence-corrected chi connectivity index (χ2v) is 5.50. The number of benzene rings is 1. The van der Waals surface area contributed by atoms with Crippen LogP contribution in [0.15, 0.2) is 55.7 Å². The van der Waals surface area contributed by atoms with E-state index < -0.39 is 0 Å². The number of hydrogen-bond donors (Lipinski definition) is 0. The first kappa shape index (κ1) is 13.5. The lowest BCUT2D eigenvalue weighted by Crippen LogP contribution is -2.08. The molecule has 0 saturated heterocycles. The third-order valence-electron chi connectivity index (χ3n) is 2.54. The summed E-state index contributed by atoms with van der Waals surface area (Å²) in [5, 5.41) is 0. The third-order valence-corrected chi connectivity index (χ3v) is 2.54. The summed E-state index contributed by atoms with van der Waals surface area (Å²) in [6.45, 7) is 14.3. The van der Waals surface area contributed by atoms with E-state index in [1.165, 1.54) is 11.1 Å². The van der Waals surface area contributed by atoms with E-state index in [1.807, 2.05) is 12.2 Å². The van der Waals surface area contributed by atoms with E-state index in [1.54, 1.807) is 6.08 Å². The van der Waals surface area contributed by atoms with Crippen molar-refractivity contribution in [3.63, 3.8) is 0 Å². The highest BCUT2D eigenvalue weighted by Crippen LogP contribution is 2.22. The average Bonchev–Trinajstić information content (AvgIpc) is 2.25. The first-order valence-corrected chi connectivity index (χ1v) is 6.01. The van der Waals surface area contributed by atoms with E-state index in [0.717, 1.165) is 12.0 Å². The van der Waals surface area contributed by atoms with Crippen LogP contribution in [0.3, 0.4) is 0 Å². The van der Waals surface area contributed by atoms with Crippen LogP contribution >= 0.6 is 0 Å². The van der Waals surface area contributed by atoms with Gasteiger partial charge in [-0.1, -0.05) is 76.4 Å². The molecule has 0 aliphatic rings. The van der Waals surface area contributed by atoms with Crippen LogP contribution in [-0.2, 0) is 6.42 Å². The van der Waals surface area contributed by atoms with Crippen LogP contribution in [-0.4, -0.2) is 0 Å². The van der Waals surface area contributed by atoms with Gasteiger partial charge in [-0.3, -0.25) is 0 Å². The first-order chi connectivity index (χ1) is 7.96. The average molecular weight is 226 g/mol. The minimum Gasteiger partial charge on any atom is -0.0990 e. The SMILES string of the molecule is C=C/C=C(\C=C)c1ccc(CC(C)(C)C)cc1. The van der Waals surface area contributed by atoms with Gasteiger partial charge in [0.1, 0.15) is 0 Å². The molecule has 0 N–H and O–H groups in total. The second kappa shape index (κ2) is 5.67. The van der Waals surface area contributed by atoms with Crippen molar-refractivity contribution in [3.05, 3.63) is 66.8 Å². The number of rotatable bonds is 4. The van der Waals surface area contributed by atoms with Crippen LogP contribution in [0, 0.1) is 5.41 Å². The molecule has 0 aromatic heterocycles. The fourth-order valence-electron chi connectivity index (χ4n) is 1.84. The zero-order chi connectivity index (χ0) is 12.9. The molecule has 0 aliphatic heterocycles. The summed E-state index contributed by atoms with van der Waals surface area (Å²) >= 11 is 0. The third kappa shape index (κ3) is 4.44. The molecule has 0 fully saturated rings. The van der Waals surface area contributed by atoms with Crippen molar-refractivity contribution in [3.8, 4) is 0 Å². The van der Waals surface area contributed by atoms with Crippen LogP contribution < -0.4 is 0 Å². The van der Waals surface area contributed by atoms with E-state index in [4.69, 9.17) is 0 Å². The normalized spacial score (nSPS) is 12.3. The van der Waals surface area contributed by atoms with Crippen LogP contribution in [0.25, 0.3) is 5.57 Å². The molecular weight excluding hydrogens is 204 g/mol. The lowest BCUT2D eigenvalue weighted by molar-refractivity contribution is 0.411. The number of allylic oxidation sites excluding steroid dienone is 4. The fraction of sp³-hybridized carbons (Fsp3) is 0.294. The molecule has 1 aromatic carbocycles. The summed E-state index contributed by atoms with van der Waals surface area (Å²) in [7, 11) is 0. The van der Waals surface area contributed by atoms with Gasteiger partial charge in [-0.15, -0.1) is 0 Å². The Morgan fingerprint density at radius 2 is 1.71 bits per heavy atom. The molecule has 0 heterocycles. The molecule has 0 aliphatic carbocycles. The summed E-state index contributed by atoms with van der Waals surface area (Å²) in [4.78, 5) is 0. The van der Waals surface area contributed by atoms with Gasteiger partial charge in [0, 0.05) is 0 Å². The van der Waals surface area contributed by atoms with Crippen LogP contribution in [0.1, 0.15) is 31.9 Å². The Hall–Kier alpha value is -1.56. The molecule has 0 spiro atoms. The minimum absolute atomic E-state index is 0.333. The zero-order valence-corrected chi connectivity index (χ0v) is 11.2. The second-order valence-electron chi connectivity index (χ2n) is 5.50. The van der Waals surface area contributed by atoms with Crippen molar-refractivity contribution in [2.75, 3.05) is 0 Å². The van der Waals surface area contributed by atoms with Crippen LogP contribution in [0.4, 0.5) is 0 Å². The van der Waals surface area contributed by atoms with Crippen molar-refractivity contribution < 1.29 is 0 Å². The van der Waals surface area contributed by atoms with Gasteiger partial charge in [0.25, 0.3) is 0 Å². The van der Waals surface area contributed by atoms with Crippen molar-refractivity contribution in [2.24, 2.45) is 5.41 Å². The molecule has 0 unspecified atom stereocenters. The molecule has 0 nitrogen and oxygen atoms in total. The lowest BCUT2D eigenvalue weighted by Gasteiger charge is -2.18. The Morgan fingerprint density at radius 1 is 1.12 bits per heavy atom. The molecule has 0 bridgehead atoms. The maximum atomic E-state index is 3.82. The zero-order valence-electron chi connectivity index (χ0n) is 11.2. The maximum Gasteiger partial charge on any atom is -0.0184 e. The Morgan fingerprint density at radius 3 is 2.12 bits per heavy atom. The summed E-state index contributed by atoms with van der Waals surface area (Å²) in [5.74, 6) is 0. The topological polar surface area (TPSA) is 0 Å². The molecule has 1 aromatic rings. The van der Waals surface area contributed by atoms with Crippen molar-refractivity contribution in [2.45, 2.75) is 27.2 Å². The molecular formula is C17H22. The maximum absolute atomic E-state index is 3.82. The fourth-order valence-corrected chi connectivity index (χ4v) is 1.84. The Balaban J connectivity index is 2.91. The summed E-state index contributed by atoms with van der Waals surface area (Å²) in [6.07, 6.45) is 6.73. The van der Waals surface area contributed by atoms with E-state index in [2.05, 4.69) is 58.2 Å². The Kier molecular flexibility index (Phi) is 4.51. The monoisotopic (exact) mass is 226 g/mol. The van der Waals surface area contributed by atoms with Crippen molar-refractivity contribution in [1.29, 1.82) is 0 Å². The standard InChI is InChI=1S/C17H22/c1-6-8-15(7-2)16-11-9-14(10-12-16)13-17(3,4)5/h6-12H,1-2,13H2,3-5H3/b15-8+. The molecule has 1 rings (SSSR count). The van der Waals surface area contributed by atoms with Gasteiger partial charge in [0.15, 0.2) is 0 Å². The molecule has 0 heteroatoms. The van der Waals surface area contributed by atoms with Crippen molar-refractivity contribution in [1.82, 2.24) is 0 Å². The first-order valence-electron chi connectivity index (χ1n) is 6.01. The lowest BCUT2D eigenvalue weighted by atomic mass is 9.87. The quantitative estimate of drug-likeness (QED) is 0.632. The predicted octanol–water partition coefficient (Wildman–Crippen LogP) is 5.03. The van der Waals surface area contributed by atoms with Crippen molar-refractivity contribution >= 4 is 5.57 Å². The van der Waals surface area contributed by atoms with Gasteiger partial charge in [-0.2, -0.15) is 0 Å². The summed E-state index contributed by atoms with van der Waals surface area (Å²) in [5.41, 5.74) is 4.02. The largest absolute Gasteiger partial charge is 0.0990 e. The molecule has 17 heavy (non-hydrogen) atoms. The van der Waals surface area contributed by atoms with Gasteiger partial charge in [-0.05, 0) is 28.5 Å². The molecule has 90 valence electrons. The van der Waals surface area contributed by atoms with Gasteiger partial charge in [-0.25, -0.2) is 0 Å². The van der Waals surface area contributed by atoms with E-state index >= 15 is 0 Å². The van der Waals surface area contributed by atoms with Gasteiger partial charge < -0.3 is 0 Å². The highest BCUT2D eigenvalue weighted by atomic mass is 14.2. The molecule has 0 atom stereocenters. The molecule has 0 amide bonds. The van der Waals surface area contributed by atoms with E-state index in [9.17, 15) is 0 Å². The van der Waals surface area contributed by atoms with Crippen LogP contribution in [0.2, 0.25) is 0 Å². The van der Waals surface area contributed by atoms with Gasteiger partial charge in [0.05, 0.1) is 0 Å². The molecule has 0 saturated carbocycles. The van der Waals surface area contributed by atoms with E-state index in [0.29, 0.717) is 5.41 Å². The molecule has 0 radical (unpaired) electrons. The van der Waals surface area contributed by atoms with Gasteiger partial charge >= 0.3 is 0 Å². The van der Waals surface area contributed by atoms with E-state index in [-0.39, 0.29) is 0 Å².